The normalized spacial score (nSPS) is 11.5. The van der Waals surface area contributed by atoms with Crippen LogP contribution in [0.25, 0.3) is 38.7 Å². The van der Waals surface area contributed by atoms with Crippen LogP contribution in [0, 0.1) is 0 Å². The molecule has 2 heterocycles. The quantitative estimate of drug-likeness (QED) is 0.371. The van der Waals surface area contributed by atoms with Crippen molar-refractivity contribution >= 4 is 38.9 Å². The molecule has 3 aromatic carbocycles. The van der Waals surface area contributed by atoms with Crippen molar-refractivity contribution in [3.05, 3.63) is 83.9 Å². The number of nitrogens with zero attached hydrogens (tertiary/aromatic N) is 2. The van der Waals surface area contributed by atoms with Crippen LogP contribution in [0.3, 0.4) is 0 Å². The first-order valence-corrected chi connectivity index (χ1v) is 8.24. The Morgan fingerprint density at radius 1 is 0.750 bits per heavy atom. The van der Waals surface area contributed by atoms with Gasteiger partial charge in [0.2, 0.25) is 0 Å². The molecule has 0 unspecified atom stereocenters. The van der Waals surface area contributed by atoms with Gasteiger partial charge in [-0.2, -0.15) is 0 Å². The zero-order valence-corrected chi connectivity index (χ0v) is 13.5. The van der Waals surface area contributed by atoms with Crippen LogP contribution in [0.5, 0.6) is 0 Å². The van der Waals surface area contributed by atoms with E-state index in [1.165, 1.54) is 5.39 Å². The highest BCUT2D eigenvalue weighted by atomic mass is 35.5. The van der Waals surface area contributed by atoms with E-state index in [-0.39, 0.29) is 0 Å². The third-order valence-corrected chi connectivity index (χ3v) is 4.65. The van der Waals surface area contributed by atoms with Gasteiger partial charge in [0.1, 0.15) is 5.82 Å². The lowest BCUT2D eigenvalue weighted by Crippen LogP contribution is -1.97. The Kier molecular flexibility index (Phi) is 2.88. The maximum absolute atomic E-state index is 6.20. The van der Waals surface area contributed by atoms with Gasteiger partial charge in [0.05, 0.1) is 16.6 Å². The van der Waals surface area contributed by atoms with Crippen molar-refractivity contribution in [1.29, 1.82) is 0 Å². The minimum Gasteiger partial charge on any atom is -0.293 e. The van der Waals surface area contributed by atoms with Crippen LogP contribution in [-0.2, 0) is 0 Å². The van der Waals surface area contributed by atoms with Crippen LogP contribution >= 0.6 is 11.6 Å². The third kappa shape index (κ3) is 1.93. The molecule has 3 heteroatoms. The molecule has 0 saturated heterocycles. The van der Waals surface area contributed by atoms with Crippen molar-refractivity contribution in [2.24, 2.45) is 0 Å². The van der Waals surface area contributed by atoms with E-state index in [4.69, 9.17) is 16.6 Å². The molecule has 2 nitrogen and oxygen atoms in total. The van der Waals surface area contributed by atoms with Gasteiger partial charge in [0.15, 0.2) is 0 Å². The lowest BCUT2D eigenvalue weighted by Gasteiger charge is -2.10. The second-order valence-electron chi connectivity index (χ2n) is 5.89. The van der Waals surface area contributed by atoms with E-state index in [0.717, 1.165) is 33.3 Å². The standard InChI is InChI=1S/C21H13ClN2/c22-16-10-11-17-18(13-16)23-21(14-6-2-1-3-7-14)24-19-9-5-4-8-15(19)12-20(17)24/h1-13H. The first-order chi connectivity index (χ1) is 11.8. The predicted octanol–water partition coefficient (Wildman–Crippen LogP) is 5.96. The molecule has 0 radical (unpaired) electrons. The second-order valence-corrected chi connectivity index (χ2v) is 6.32. The largest absolute Gasteiger partial charge is 0.293 e. The summed E-state index contributed by atoms with van der Waals surface area (Å²) in [7, 11) is 0. The number of hydrogen-bond donors (Lipinski definition) is 0. The summed E-state index contributed by atoms with van der Waals surface area (Å²) in [6.07, 6.45) is 0. The van der Waals surface area contributed by atoms with Gasteiger partial charge in [-0.25, -0.2) is 4.98 Å². The molecule has 2 aromatic heterocycles. The van der Waals surface area contributed by atoms with Crippen molar-refractivity contribution in [2.75, 3.05) is 0 Å². The van der Waals surface area contributed by atoms with Gasteiger partial charge < -0.3 is 0 Å². The highest BCUT2D eigenvalue weighted by Gasteiger charge is 2.13. The zero-order chi connectivity index (χ0) is 16.1. The Morgan fingerprint density at radius 3 is 2.42 bits per heavy atom. The van der Waals surface area contributed by atoms with Gasteiger partial charge in [0.25, 0.3) is 0 Å². The number of benzene rings is 3. The Bertz CT molecular complexity index is 1210. The molecule has 24 heavy (non-hydrogen) atoms. The van der Waals surface area contributed by atoms with E-state index in [1.807, 2.05) is 36.4 Å². The van der Waals surface area contributed by atoms with Gasteiger partial charge in [-0.1, -0.05) is 60.1 Å². The molecule has 114 valence electrons. The predicted molar refractivity (Wildman–Crippen MR) is 101 cm³/mol. The number of halogens is 1. The summed E-state index contributed by atoms with van der Waals surface area (Å²) in [5.41, 5.74) is 4.31. The molecule has 0 fully saturated rings. The van der Waals surface area contributed by atoms with Crippen LogP contribution in [0.1, 0.15) is 0 Å². The van der Waals surface area contributed by atoms with Crippen molar-refractivity contribution in [1.82, 2.24) is 9.38 Å². The highest BCUT2D eigenvalue weighted by molar-refractivity contribution is 6.31. The summed E-state index contributed by atoms with van der Waals surface area (Å²) in [6, 6.07) is 26.8. The molecule has 0 atom stereocenters. The molecule has 5 aromatic rings. The third-order valence-electron chi connectivity index (χ3n) is 4.42. The lowest BCUT2D eigenvalue weighted by atomic mass is 10.1. The van der Waals surface area contributed by atoms with Gasteiger partial charge in [0, 0.05) is 21.4 Å². The SMILES string of the molecule is Clc1ccc2c(c1)nc(-c1ccccc1)n1c3ccccc3cc21. The van der Waals surface area contributed by atoms with Crippen molar-refractivity contribution in [3.8, 4) is 11.4 Å². The van der Waals surface area contributed by atoms with Crippen molar-refractivity contribution in [2.45, 2.75) is 0 Å². The summed E-state index contributed by atoms with van der Waals surface area (Å²) >= 11 is 6.20. The maximum atomic E-state index is 6.20. The molecule has 0 bridgehead atoms. The number of fused-ring (bicyclic) bond motifs is 5. The number of rotatable bonds is 1. The Labute approximate surface area is 143 Å². The minimum atomic E-state index is 0.703. The molecule has 0 N–H and O–H groups in total. The molecular weight excluding hydrogens is 316 g/mol. The first-order valence-electron chi connectivity index (χ1n) is 7.86. The topological polar surface area (TPSA) is 17.3 Å². The van der Waals surface area contributed by atoms with E-state index in [9.17, 15) is 0 Å². The molecule has 0 amide bonds. The summed E-state index contributed by atoms with van der Waals surface area (Å²) in [6.45, 7) is 0. The Balaban J connectivity index is 2.05. The van der Waals surface area contributed by atoms with E-state index >= 15 is 0 Å². The number of para-hydroxylation sites is 1. The molecule has 5 rings (SSSR count). The van der Waals surface area contributed by atoms with Gasteiger partial charge >= 0.3 is 0 Å². The van der Waals surface area contributed by atoms with E-state index < -0.39 is 0 Å². The first kappa shape index (κ1) is 13.6. The van der Waals surface area contributed by atoms with Gasteiger partial charge in [-0.05, 0) is 30.3 Å². The van der Waals surface area contributed by atoms with E-state index in [0.29, 0.717) is 5.02 Å². The maximum Gasteiger partial charge on any atom is 0.145 e. The summed E-state index contributed by atoms with van der Waals surface area (Å²) < 4.78 is 2.24. The minimum absolute atomic E-state index is 0.703. The van der Waals surface area contributed by atoms with Gasteiger partial charge in [-0.3, -0.25) is 4.40 Å². The second kappa shape index (κ2) is 5.08. The monoisotopic (exact) mass is 328 g/mol. The fourth-order valence-corrected chi connectivity index (χ4v) is 3.51. The molecule has 0 aliphatic rings. The summed E-state index contributed by atoms with van der Waals surface area (Å²) in [5.74, 6) is 0.932. The average molecular weight is 329 g/mol. The summed E-state index contributed by atoms with van der Waals surface area (Å²) in [4.78, 5) is 4.94. The highest BCUT2D eigenvalue weighted by Crippen LogP contribution is 2.32. The Morgan fingerprint density at radius 2 is 1.54 bits per heavy atom. The zero-order valence-electron chi connectivity index (χ0n) is 12.8. The molecule has 0 aliphatic heterocycles. The van der Waals surface area contributed by atoms with Crippen LogP contribution in [0.2, 0.25) is 5.02 Å². The number of aromatic nitrogens is 2. The van der Waals surface area contributed by atoms with Gasteiger partial charge in [-0.15, -0.1) is 0 Å². The van der Waals surface area contributed by atoms with Crippen LogP contribution < -0.4 is 0 Å². The fourth-order valence-electron chi connectivity index (χ4n) is 3.34. The molecule has 0 saturated carbocycles. The Hall–Kier alpha value is -2.84. The summed E-state index contributed by atoms with van der Waals surface area (Å²) in [5, 5.41) is 3.02. The lowest BCUT2D eigenvalue weighted by molar-refractivity contribution is 1.17. The molecule has 0 spiro atoms. The smallest absolute Gasteiger partial charge is 0.145 e. The van der Waals surface area contributed by atoms with Crippen LogP contribution in [-0.4, -0.2) is 9.38 Å². The fraction of sp³-hybridized carbons (Fsp3) is 0. The molecule has 0 aliphatic carbocycles. The van der Waals surface area contributed by atoms with E-state index in [2.05, 4.69) is 46.9 Å². The van der Waals surface area contributed by atoms with Crippen molar-refractivity contribution < 1.29 is 0 Å². The van der Waals surface area contributed by atoms with E-state index in [1.54, 1.807) is 0 Å². The van der Waals surface area contributed by atoms with Crippen molar-refractivity contribution in [3.63, 3.8) is 0 Å². The number of hydrogen-bond acceptors (Lipinski definition) is 1. The van der Waals surface area contributed by atoms with Crippen LogP contribution in [0.15, 0.2) is 78.9 Å². The van der Waals surface area contributed by atoms with Crippen LogP contribution in [0.4, 0.5) is 0 Å². The average Bonchev–Trinajstić information content (AvgIpc) is 3.01. The molecular formula is C21H13ClN2.